The molecule has 0 saturated heterocycles. The standard InChI is InChI=1S/C11H18ClN3OS/c1-3-5-7-16-10-13-9(12)14-11(15-10)17-8-6-4-2/h3-8H2,1-2H3. The summed E-state index contributed by atoms with van der Waals surface area (Å²) < 4.78 is 5.41. The van der Waals surface area contributed by atoms with E-state index in [-0.39, 0.29) is 5.28 Å². The maximum absolute atomic E-state index is 5.82. The molecule has 0 atom stereocenters. The first kappa shape index (κ1) is 14.5. The van der Waals surface area contributed by atoms with Crippen molar-refractivity contribution < 1.29 is 4.74 Å². The van der Waals surface area contributed by atoms with Gasteiger partial charge in [0.15, 0.2) is 5.16 Å². The average Bonchev–Trinajstić information content (AvgIpc) is 2.29. The second-order valence-electron chi connectivity index (χ2n) is 3.57. The molecule has 0 bridgehead atoms. The summed E-state index contributed by atoms with van der Waals surface area (Å²) in [5, 5.41) is 0.843. The van der Waals surface area contributed by atoms with Crippen LogP contribution in [0, 0.1) is 0 Å². The van der Waals surface area contributed by atoms with Crippen LogP contribution in [0.3, 0.4) is 0 Å². The van der Waals surface area contributed by atoms with Gasteiger partial charge in [-0.25, -0.2) is 0 Å². The molecule has 96 valence electrons. The highest BCUT2D eigenvalue weighted by Gasteiger charge is 2.06. The van der Waals surface area contributed by atoms with Crippen LogP contribution in [0.1, 0.15) is 39.5 Å². The summed E-state index contributed by atoms with van der Waals surface area (Å²) in [4.78, 5) is 12.2. The van der Waals surface area contributed by atoms with Gasteiger partial charge in [0.05, 0.1) is 6.61 Å². The Morgan fingerprint density at radius 2 is 1.88 bits per heavy atom. The number of nitrogens with zero attached hydrogens (tertiary/aromatic N) is 3. The highest BCUT2D eigenvalue weighted by Crippen LogP contribution is 2.18. The lowest BCUT2D eigenvalue weighted by atomic mass is 10.4. The van der Waals surface area contributed by atoms with E-state index in [2.05, 4.69) is 28.8 Å². The van der Waals surface area contributed by atoms with Crippen molar-refractivity contribution in [1.82, 2.24) is 15.0 Å². The topological polar surface area (TPSA) is 47.9 Å². The minimum atomic E-state index is 0.200. The zero-order chi connectivity index (χ0) is 12.5. The molecule has 6 heteroatoms. The summed E-state index contributed by atoms with van der Waals surface area (Å²) in [6.45, 7) is 4.88. The van der Waals surface area contributed by atoms with Gasteiger partial charge in [-0.1, -0.05) is 38.5 Å². The third-order valence-electron chi connectivity index (χ3n) is 2.03. The van der Waals surface area contributed by atoms with E-state index in [1.165, 1.54) is 0 Å². The van der Waals surface area contributed by atoms with Crippen molar-refractivity contribution >= 4 is 23.4 Å². The molecule has 0 radical (unpaired) electrons. The summed E-state index contributed by atoms with van der Waals surface area (Å²) in [7, 11) is 0. The van der Waals surface area contributed by atoms with E-state index in [1.54, 1.807) is 11.8 Å². The Morgan fingerprint density at radius 1 is 1.12 bits per heavy atom. The quantitative estimate of drug-likeness (QED) is 0.536. The minimum Gasteiger partial charge on any atom is -0.463 e. The zero-order valence-electron chi connectivity index (χ0n) is 10.3. The van der Waals surface area contributed by atoms with Gasteiger partial charge in [0.25, 0.3) is 0 Å². The molecule has 1 aromatic heterocycles. The molecule has 1 aromatic rings. The number of hydrogen-bond donors (Lipinski definition) is 0. The van der Waals surface area contributed by atoms with Gasteiger partial charge < -0.3 is 4.74 Å². The zero-order valence-corrected chi connectivity index (χ0v) is 11.9. The summed E-state index contributed by atoms with van der Waals surface area (Å²) >= 11 is 7.41. The van der Waals surface area contributed by atoms with Gasteiger partial charge >= 0.3 is 6.01 Å². The van der Waals surface area contributed by atoms with Crippen molar-refractivity contribution in [1.29, 1.82) is 0 Å². The summed E-state index contributed by atoms with van der Waals surface area (Å²) in [6.07, 6.45) is 4.37. The first-order chi connectivity index (χ1) is 8.26. The summed E-state index contributed by atoms with van der Waals surface area (Å²) in [6, 6.07) is 0.331. The van der Waals surface area contributed by atoms with E-state index in [1.807, 2.05) is 0 Å². The van der Waals surface area contributed by atoms with E-state index >= 15 is 0 Å². The minimum absolute atomic E-state index is 0.200. The van der Waals surface area contributed by atoms with Crippen molar-refractivity contribution in [3.8, 4) is 6.01 Å². The van der Waals surface area contributed by atoms with Crippen LogP contribution in [0.25, 0.3) is 0 Å². The lowest BCUT2D eigenvalue weighted by molar-refractivity contribution is 0.281. The molecule has 0 spiro atoms. The van der Waals surface area contributed by atoms with Crippen LogP contribution in [-0.4, -0.2) is 27.3 Å². The van der Waals surface area contributed by atoms with Crippen LogP contribution in [0.15, 0.2) is 5.16 Å². The summed E-state index contributed by atoms with van der Waals surface area (Å²) in [5.41, 5.74) is 0. The number of ether oxygens (including phenoxy) is 1. The Labute approximate surface area is 112 Å². The van der Waals surface area contributed by atoms with Crippen LogP contribution >= 0.6 is 23.4 Å². The molecule has 17 heavy (non-hydrogen) atoms. The molecule has 0 unspecified atom stereocenters. The summed E-state index contributed by atoms with van der Waals surface area (Å²) in [5.74, 6) is 0.991. The van der Waals surface area contributed by atoms with Crippen molar-refractivity contribution in [3.63, 3.8) is 0 Å². The fourth-order valence-electron chi connectivity index (χ4n) is 1.06. The first-order valence-corrected chi connectivity index (χ1v) is 7.29. The van der Waals surface area contributed by atoms with Gasteiger partial charge in [0, 0.05) is 5.75 Å². The fourth-order valence-corrected chi connectivity index (χ4v) is 2.17. The van der Waals surface area contributed by atoms with Gasteiger partial charge in [0.1, 0.15) is 0 Å². The second-order valence-corrected chi connectivity index (χ2v) is 4.97. The van der Waals surface area contributed by atoms with Crippen molar-refractivity contribution in [2.24, 2.45) is 0 Å². The predicted octanol–water partition coefficient (Wildman–Crippen LogP) is 3.60. The normalized spacial score (nSPS) is 10.5. The molecule has 0 aliphatic carbocycles. The smallest absolute Gasteiger partial charge is 0.321 e. The molecule has 0 saturated carbocycles. The number of rotatable bonds is 8. The Bertz CT molecular complexity index is 310. The Kier molecular flexibility index (Phi) is 7.28. The maximum Gasteiger partial charge on any atom is 0.321 e. The van der Waals surface area contributed by atoms with E-state index in [0.29, 0.717) is 17.8 Å². The predicted molar refractivity (Wildman–Crippen MR) is 70.9 cm³/mol. The van der Waals surface area contributed by atoms with Gasteiger partial charge in [0.2, 0.25) is 5.28 Å². The third kappa shape index (κ3) is 6.07. The lowest BCUT2D eigenvalue weighted by Gasteiger charge is -2.05. The monoisotopic (exact) mass is 275 g/mol. The first-order valence-electron chi connectivity index (χ1n) is 5.93. The SMILES string of the molecule is CCCCOc1nc(Cl)nc(SCCCC)n1. The van der Waals surface area contributed by atoms with Crippen molar-refractivity contribution in [2.75, 3.05) is 12.4 Å². The Hall–Kier alpha value is -0.550. The number of hydrogen-bond acceptors (Lipinski definition) is 5. The van der Waals surface area contributed by atoms with Crippen LogP contribution < -0.4 is 4.74 Å². The fraction of sp³-hybridized carbons (Fsp3) is 0.727. The molecule has 0 aliphatic rings. The van der Waals surface area contributed by atoms with E-state index in [0.717, 1.165) is 31.4 Å². The van der Waals surface area contributed by atoms with Gasteiger partial charge in [-0.2, -0.15) is 15.0 Å². The highest BCUT2D eigenvalue weighted by atomic mass is 35.5. The van der Waals surface area contributed by atoms with E-state index in [4.69, 9.17) is 16.3 Å². The van der Waals surface area contributed by atoms with E-state index in [9.17, 15) is 0 Å². The van der Waals surface area contributed by atoms with Crippen LogP contribution in [0.5, 0.6) is 6.01 Å². The maximum atomic E-state index is 5.82. The van der Waals surface area contributed by atoms with E-state index < -0.39 is 0 Å². The van der Waals surface area contributed by atoms with Gasteiger partial charge in [-0.15, -0.1) is 0 Å². The molecule has 1 heterocycles. The average molecular weight is 276 g/mol. The molecule has 4 nitrogen and oxygen atoms in total. The largest absolute Gasteiger partial charge is 0.463 e. The molecule has 0 aliphatic heterocycles. The number of aromatic nitrogens is 3. The van der Waals surface area contributed by atoms with Crippen LogP contribution in [-0.2, 0) is 0 Å². The number of unbranched alkanes of at least 4 members (excludes halogenated alkanes) is 2. The van der Waals surface area contributed by atoms with Crippen LogP contribution in [0.4, 0.5) is 0 Å². The third-order valence-corrected chi connectivity index (χ3v) is 3.13. The van der Waals surface area contributed by atoms with Crippen molar-refractivity contribution in [3.05, 3.63) is 5.28 Å². The van der Waals surface area contributed by atoms with Gasteiger partial charge in [-0.3, -0.25) is 0 Å². The van der Waals surface area contributed by atoms with Crippen LogP contribution in [0.2, 0.25) is 5.28 Å². The number of thioether (sulfide) groups is 1. The van der Waals surface area contributed by atoms with Crippen molar-refractivity contribution in [2.45, 2.75) is 44.7 Å². The van der Waals surface area contributed by atoms with Gasteiger partial charge in [-0.05, 0) is 24.4 Å². The highest BCUT2D eigenvalue weighted by molar-refractivity contribution is 7.99. The molecule has 1 rings (SSSR count). The molecule has 0 fully saturated rings. The number of halogens is 1. The Morgan fingerprint density at radius 3 is 2.59 bits per heavy atom. The second kappa shape index (κ2) is 8.53. The molecular formula is C11H18ClN3OS. The molecule has 0 N–H and O–H groups in total. The molecular weight excluding hydrogens is 258 g/mol. The lowest BCUT2D eigenvalue weighted by Crippen LogP contribution is -2.03. The molecule has 0 aromatic carbocycles. The molecule has 0 amide bonds. The Balaban J connectivity index is 2.53.